The van der Waals surface area contributed by atoms with Gasteiger partial charge in [-0.15, -0.1) is 0 Å². The second-order valence-corrected chi connectivity index (χ2v) is 5.91. The second-order valence-electron chi connectivity index (χ2n) is 5.91. The van der Waals surface area contributed by atoms with Crippen molar-refractivity contribution in [3.8, 4) is 5.75 Å². The first-order chi connectivity index (χ1) is 9.65. The molecule has 0 saturated heterocycles. The zero-order valence-electron chi connectivity index (χ0n) is 12.8. The first-order valence-electron chi connectivity index (χ1n) is 7.96. The van der Waals surface area contributed by atoms with Crippen LogP contribution in [-0.2, 0) is 0 Å². The molecule has 0 heterocycles. The first kappa shape index (κ1) is 15.3. The Balaban J connectivity index is 2.12. The van der Waals surface area contributed by atoms with Gasteiger partial charge in [-0.25, -0.2) is 0 Å². The largest absolute Gasteiger partial charge is 0.508 e. The van der Waals surface area contributed by atoms with E-state index in [4.69, 9.17) is 5.73 Å². The van der Waals surface area contributed by atoms with E-state index >= 15 is 0 Å². The number of rotatable bonds is 5. The Hall–Kier alpha value is -1.06. The van der Waals surface area contributed by atoms with E-state index in [-0.39, 0.29) is 0 Å². The molecule has 20 heavy (non-hydrogen) atoms. The van der Waals surface area contributed by atoms with Gasteiger partial charge >= 0.3 is 0 Å². The van der Waals surface area contributed by atoms with Crippen LogP contribution in [0, 0.1) is 0 Å². The van der Waals surface area contributed by atoms with Gasteiger partial charge < -0.3 is 10.8 Å². The molecule has 1 atom stereocenters. The van der Waals surface area contributed by atoms with Crippen LogP contribution in [0.5, 0.6) is 5.75 Å². The third-order valence-corrected chi connectivity index (χ3v) is 4.64. The number of hydrogen-bond acceptors (Lipinski definition) is 3. The van der Waals surface area contributed by atoms with Crippen LogP contribution in [0.1, 0.15) is 57.6 Å². The summed E-state index contributed by atoms with van der Waals surface area (Å²) in [5, 5.41) is 9.46. The molecule has 0 aliphatic heterocycles. The van der Waals surface area contributed by atoms with E-state index in [0.717, 1.165) is 25.8 Å². The minimum absolute atomic E-state index is 0.343. The lowest BCUT2D eigenvalue weighted by atomic mass is 9.88. The summed E-state index contributed by atoms with van der Waals surface area (Å²) in [6.07, 6.45) is 5.81. The van der Waals surface area contributed by atoms with Gasteiger partial charge in [-0.3, -0.25) is 4.90 Å². The van der Waals surface area contributed by atoms with Crippen LogP contribution in [0.25, 0.3) is 0 Å². The number of nitrogens with two attached hydrogens (primary N) is 1. The smallest absolute Gasteiger partial charge is 0.115 e. The SMILES string of the molecule is CCC(c1ccc(O)cc1)N(CC)C1CCC(N)CC1. The molecule has 1 saturated carbocycles. The molecular weight excluding hydrogens is 248 g/mol. The molecule has 1 unspecified atom stereocenters. The van der Waals surface area contributed by atoms with Crippen molar-refractivity contribution < 1.29 is 5.11 Å². The Bertz CT molecular complexity index is 396. The Morgan fingerprint density at radius 1 is 1.15 bits per heavy atom. The van der Waals surface area contributed by atoms with E-state index in [1.165, 1.54) is 18.4 Å². The fraction of sp³-hybridized carbons (Fsp3) is 0.647. The fourth-order valence-corrected chi connectivity index (χ4v) is 3.52. The summed E-state index contributed by atoms with van der Waals surface area (Å²) in [5.74, 6) is 0.343. The summed E-state index contributed by atoms with van der Waals surface area (Å²) < 4.78 is 0. The van der Waals surface area contributed by atoms with Crippen molar-refractivity contribution in [3.63, 3.8) is 0 Å². The van der Waals surface area contributed by atoms with Crippen molar-refractivity contribution in [3.05, 3.63) is 29.8 Å². The van der Waals surface area contributed by atoms with Gasteiger partial charge in [-0.1, -0.05) is 26.0 Å². The van der Waals surface area contributed by atoms with Crippen molar-refractivity contribution in [2.45, 2.75) is 64.1 Å². The topological polar surface area (TPSA) is 49.5 Å². The number of aromatic hydroxyl groups is 1. The highest BCUT2D eigenvalue weighted by Gasteiger charge is 2.28. The molecule has 0 aromatic heterocycles. The van der Waals surface area contributed by atoms with Crippen molar-refractivity contribution in [2.24, 2.45) is 5.73 Å². The zero-order valence-corrected chi connectivity index (χ0v) is 12.8. The van der Waals surface area contributed by atoms with Crippen molar-refractivity contribution >= 4 is 0 Å². The number of benzene rings is 1. The van der Waals surface area contributed by atoms with Crippen molar-refractivity contribution in [2.75, 3.05) is 6.54 Å². The molecular formula is C17H28N2O. The lowest BCUT2D eigenvalue weighted by molar-refractivity contribution is 0.103. The zero-order chi connectivity index (χ0) is 14.5. The summed E-state index contributed by atoms with van der Waals surface area (Å²) in [6.45, 7) is 5.56. The van der Waals surface area contributed by atoms with E-state index < -0.39 is 0 Å². The summed E-state index contributed by atoms with van der Waals surface area (Å²) in [5.41, 5.74) is 7.34. The molecule has 1 aromatic carbocycles. The maximum absolute atomic E-state index is 9.46. The molecule has 1 aliphatic rings. The van der Waals surface area contributed by atoms with Gasteiger partial charge in [-0.05, 0) is 56.3 Å². The molecule has 0 bridgehead atoms. The Morgan fingerprint density at radius 2 is 1.75 bits per heavy atom. The third kappa shape index (κ3) is 3.53. The van der Waals surface area contributed by atoms with Crippen LogP contribution < -0.4 is 5.73 Å². The fourth-order valence-electron chi connectivity index (χ4n) is 3.52. The highest BCUT2D eigenvalue weighted by molar-refractivity contribution is 5.28. The van der Waals surface area contributed by atoms with Crippen LogP contribution >= 0.6 is 0 Å². The summed E-state index contributed by atoms with van der Waals surface area (Å²) in [6, 6.07) is 9.20. The van der Waals surface area contributed by atoms with Crippen LogP contribution in [0.2, 0.25) is 0 Å². The van der Waals surface area contributed by atoms with Crippen molar-refractivity contribution in [1.82, 2.24) is 4.90 Å². The van der Waals surface area contributed by atoms with Crippen molar-refractivity contribution in [1.29, 1.82) is 0 Å². The van der Waals surface area contributed by atoms with Crippen LogP contribution in [0.15, 0.2) is 24.3 Å². The Labute approximate surface area is 122 Å². The van der Waals surface area contributed by atoms with Gasteiger partial charge in [0.05, 0.1) is 0 Å². The molecule has 0 spiro atoms. The van der Waals surface area contributed by atoms with Crippen LogP contribution in [0.3, 0.4) is 0 Å². The molecule has 0 amide bonds. The lowest BCUT2D eigenvalue weighted by Gasteiger charge is -2.40. The molecule has 1 aliphatic carbocycles. The average molecular weight is 276 g/mol. The molecule has 3 nitrogen and oxygen atoms in total. The minimum atomic E-state index is 0.343. The van der Waals surface area contributed by atoms with Crippen LogP contribution in [0.4, 0.5) is 0 Å². The first-order valence-corrected chi connectivity index (χ1v) is 7.96. The number of phenols is 1. The predicted octanol–water partition coefficient (Wildman–Crippen LogP) is 3.44. The quantitative estimate of drug-likeness (QED) is 0.866. The summed E-state index contributed by atoms with van der Waals surface area (Å²) >= 11 is 0. The van der Waals surface area contributed by atoms with E-state index in [2.05, 4.69) is 30.9 Å². The normalized spacial score (nSPS) is 24.8. The molecule has 1 fully saturated rings. The van der Waals surface area contributed by atoms with Gasteiger partial charge in [0.15, 0.2) is 0 Å². The molecule has 112 valence electrons. The van der Waals surface area contributed by atoms with Crippen LogP contribution in [-0.4, -0.2) is 28.6 Å². The number of hydrogen-bond donors (Lipinski definition) is 2. The third-order valence-electron chi connectivity index (χ3n) is 4.64. The maximum atomic E-state index is 9.46. The standard InChI is InChI=1S/C17H28N2O/c1-3-17(13-5-11-16(20)12-6-13)19(4-2)15-9-7-14(18)8-10-15/h5-6,11-12,14-15,17,20H,3-4,7-10,18H2,1-2H3. The lowest BCUT2D eigenvalue weighted by Crippen LogP contribution is -2.42. The monoisotopic (exact) mass is 276 g/mol. The van der Waals surface area contributed by atoms with E-state index in [9.17, 15) is 5.11 Å². The molecule has 0 radical (unpaired) electrons. The molecule has 2 rings (SSSR count). The minimum Gasteiger partial charge on any atom is -0.508 e. The van der Waals surface area contributed by atoms with E-state index in [0.29, 0.717) is 23.9 Å². The maximum Gasteiger partial charge on any atom is 0.115 e. The average Bonchev–Trinajstić information content (AvgIpc) is 2.47. The van der Waals surface area contributed by atoms with Gasteiger partial charge in [0.2, 0.25) is 0 Å². The summed E-state index contributed by atoms with van der Waals surface area (Å²) in [7, 11) is 0. The molecule has 3 heteroatoms. The van der Waals surface area contributed by atoms with Gasteiger partial charge in [-0.2, -0.15) is 0 Å². The Morgan fingerprint density at radius 3 is 2.25 bits per heavy atom. The molecule has 3 N–H and O–H groups in total. The number of nitrogens with zero attached hydrogens (tertiary/aromatic N) is 1. The second kappa shape index (κ2) is 7.09. The van der Waals surface area contributed by atoms with Gasteiger partial charge in [0.25, 0.3) is 0 Å². The van der Waals surface area contributed by atoms with E-state index in [1.807, 2.05) is 0 Å². The molecule has 1 aromatic rings. The highest BCUT2D eigenvalue weighted by Crippen LogP contribution is 2.32. The Kier molecular flexibility index (Phi) is 5.44. The highest BCUT2D eigenvalue weighted by atomic mass is 16.3. The van der Waals surface area contributed by atoms with Gasteiger partial charge in [0.1, 0.15) is 5.75 Å². The predicted molar refractivity (Wildman–Crippen MR) is 83.8 cm³/mol. The number of phenolic OH excluding ortho intramolecular Hbond substituents is 1. The van der Waals surface area contributed by atoms with Gasteiger partial charge in [0, 0.05) is 18.1 Å². The summed E-state index contributed by atoms with van der Waals surface area (Å²) in [4.78, 5) is 2.62. The van der Waals surface area contributed by atoms with E-state index in [1.54, 1.807) is 12.1 Å².